The quantitative estimate of drug-likeness (QED) is 0.584. The van der Waals surface area contributed by atoms with Crippen LogP contribution < -0.4 is 0 Å². The molecule has 2 aliphatic rings. The molecule has 0 aliphatic carbocycles. The van der Waals surface area contributed by atoms with Crippen LogP contribution in [0.1, 0.15) is 6.92 Å². The van der Waals surface area contributed by atoms with Crippen LogP contribution in [-0.2, 0) is 25.8 Å². The Bertz CT molecular complexity index is 157. The van der Waals surface area contributed by atoms with Crippen molar-refractivity contribution in [3.63, 3.8) is 0 Å². The second-order valence-electron chi connectivity index (χ2n) is 3.49. The first-order valence-electron chi connectivity index (χ1n) is 4.85. The second kappa shape index (κ2) is 6.94. The van der Waals surface area contributed by atoms with Crippen molar-refractivity contribution in [1.29, 1.82) is 0 Å². The summed E-state index contributed by atoms with van der Waals surface area (Å²) in [5.41, 5.74) is 0. The van der Waals surface area contributed by atoms with Gasteiger partial charge >= 0.3 is 21.1 Å². The van der Waals surface area contributed by atoms with Gasteiger partial charge in [0.05, 0.1) is 12.7 Å². The molecule has 0 aromatic rings. The van der Waals surface area contributed by atoms with E-state index in [1.54, 1.807) is 6.92 Å². The zero-order valence-electron chi connectivity index (χ0n) is 9.11. The van der Waals surface area contributed by atoms with Gasteiger partial charge in [0, 0.05) is 12.6 Å². The molecule has 2 rings (SSSR count). The largest absolute Gasteiger partial charge is 2.00 e. The van der Waals surface area contributed by atoms with Crippen LogP contribution in [0.5, 0.6) is 0 Å². The molecular formula is C10H20N2OW. The van der Waals surface area contributed by atoms with Crippen LogP contribution in [0.4, 0.5) is 0 Å². The summed E-state index contributed by atoms with van der Waals surface area (Å²) < 4.78 is 5.62. The van der Waals surface area contributed by atoms with E-state index < -0.39 is 0 Å². The molecule has 3 nitrogen and oxygen atoms in total. The summed E-state index contributed by atoms with van der Waals surface area (Å²) in [6, 6.07) is 0.584. The van der Waals surface area contributed by atoms with Crippen LogP contribution in [0.3, 0.4) is 0 Å². The number of hydrogen-bond donors (Lipinski definition) is 0. The minimum Gasteiger partial charge on any atom is -0.456 e. The first kappa shape index (κ1) is 14.6. The Morgan fingerprint density at radius 1 is 1.29 bits per heavy atom. The number of fused-ring (bicyclic) bond motifs is 1. The standard InChI is InChI=1S/C8H15N2O.C2H5.W/c1-9-5-7-8(6-9)11-4-3-10(7)2;1-2;/h7-8H,1,3-6H2,2H3;1H2,2H3;/q2*-1;+2. The van der Waals surface area contributed by atoms with Crippen molar-refractivity contribution in [2.45, 2.75) is 19.1 Å². The average Bonchev–Trinajstić information content (AvgIpc) is 2.51. The first-order chi connectivity index (χ1) is 6.27. The number of hydrogen-bond acceptors (Lipinski definition) is 3. The molecule has 0 amide bonds. The SMILES string of the molecule is [CH2-]C.[CH2-]N1CC2OCCN(C)C2C1.[W+2]. The number of ether oxygens (including phenoxy) is 1. The first-order valence-corrected chi connectivity index (χ1v) is 4.85. The molecule has 2 fully saturated rings. The van der Waals surface area contributed by atoms with Crippen molar-refractivity contribution in [3.8, 4) is 0 Å². The molecule has 0 aromatic heterocycles. The average molecular weight is 368 g/mol. The smallest absolute Gasteiger partial charge is 0.456 e. The fourth-order valence-corrected chi connectivity index (χ4v) is 1.93. The van der Waals surface area contributed by atoms with Crippen LogP contribution in [0, 0.1) is 14.0 Å². The van der Waals surface area contributed by atoms with Crippen molar-refractivity contribution in [2.75, 3.05) is 33.3 Å². The van der Waals surface area contributed by atoms with Crippen LogP contribution in [-0.4, -0.2) is 55.2 Å². The van der Waals surface area contributed by atoms with Gasteiger partial charge in [-0.25, -0.2) is 0 Å². The number of likely N-dealkylation sites (N-methyl/N-ethyl adjacent to an activating group) is 1. The van der Waals surface area contributed by atoms with E-state index in [1.165, 1.54) is 0 Å². The van der Waals surface area contributed by atoms with E-state index in [1.807, 2.05) is 0 Å². The van der Waals surface area contributed by atoms with Crippen LogP contribution in [0.2, 0.25) is 0 Å². The predicted molar refractivity (Wildman–Crippen MR) is 54.1 cm³/mol. The van der Waals surface area contributed by atoms with Crippen molar-refractivity contribution >= 4 is 0 Å². The van der Waals surface area contributed by atoms with E-state index in [-0.39, 0.29) is 21.1 Å². The molecule has 82 valence electrons. The molecule has 2 unspecified atom stereocenters. The van der Waals surface area contributed by atoms with Crippen LogP contribution in [0.25, 0.3) is 0 Å². The zero-order valence-corrected chi connectivity index (χ0v) is 12.0. The van der Waals surface area contributed by atoms with Gasteiger partial charge in [0.1, 0.15) is 0 Å². The van der Waals surface area contributed by atoms with E-state index in [2.05, 4.69) is 30.8 Å². The van der Waals surface area contributed by atoms with Gasteiger partial charge in [0.25, 0.3) is 0 Å². The fourth-order valence-electron chi connectivity index (χ4n) is 1.93. The van der Waals surface area contributed by atoms with Crippen LogP contribution >= 0.6 is 0 Å². The van der Waals surface area contributed by atoms with E-state index in [0.717, 1.165) is 26.2 Å². The van der Waals surface area contributed by atoms with Crippen LogP contribution in [0.15, 0.2) is 0 Å². The summed E-state index contributed by atoms with van der Waals surface area (Å²) >= 11 is 0. The Morgan fingerprint density at radius 3 is 2.50 bits per heavy atom. The Balaban J connectivity index is 0.000000531. The van der Waals surface area contributed by atoms with Crippen molar-refractivity contribution < 1.29 is 25.8 Å². The third-order valence-electron chi connectivity index (χ3n) is 2.65. The molecular weight excluding hydrogens is 348 g/mol. The summed E-state index contributed by atoms with van der Waals surface area (Å²) in [5, 5.41) is 0. The number of nitrogens with zero attached hydrogens (tertiary/aromatic N) is 2. The van der Waals surface area contributed by atoms with E-state index >= 15 is 0 Å². The fraction of sp³-hybridized carbons (Fsp3) is 0.800. The molecule has 2 aliphatic heterocycles. The maximum atomic E-state index is 5.62. The molecule has 4 heteroatoms. The molecule has 0 saturated carbocycles. The Morgan fingerprint density at radius 2 is 1.93 bits per heavy atom. The Kier molecular flexibility index (Phi) is 7.23. The van der Waals surface area contributed by atoms with E-state index in [4.69, 9.17) is 4.74 Å². The third-order valence-corrected chi connectivity index (χ3v) is 2.65. The monoisotopic (exact) mass is 368 g/mol. The summed E-state index contributed by atoms with van der Waals surface area (Å²) in [6.07, 6.45) is 0.409. The minimum absolute atomic E-state index is 0. The number of morpholine rings is 1. The van der Waals surface area contributed by atoms with E-state index in [0.29, 0.717) is 12.1 Å². The summed E-state index contributed by atoms with van der Waals surface area (Å²) in [5.74, 6) is 0. The van der Waals surface area contributed by atoms with Gasteiger partial charge in [-0.3, -0.25) is 11.9 Å². The van der Waals surface area contributed by atoms with Gasteiger partial charge in [-0.15, -0.1) is 0 Å². The number of likely N-dealkylation sites (tertiary alicyclic amines) is 1. The molecule has 2 atom stereocenters. The summed E-state index contributed by atoms with van der Waals surface area (Å²) in [6.45, 7) is 9.00. The summed E-state index contributed by atoms with van der Waals surface area (Å²) in [4.78, 5) is 4.47. The third kappa shape index (κ3) is 3.30. The van der Waals surface area contributed by atoms with Gasteiger partial charge in [-0.1, -0.05) is 0 Å². The normalized spacial score (nSPS) is 32.6. The Labute approximate surface area is 102 Å². The van der Waals surface area contributed by atoms with Gasteiger partial charge in [0.15, 0.2) is 0 Å². The van der Waals surface area contributed by atoms with Crippen molar-refractivity contribution in [1.82, 2.24) is 9.80 Å². The van der Waals surface area contributed by atoms with Gasteiger partial charge in [0.2, 0.25) is 0 Å². The number of rotatable bonds is 0. The van der Waals surface area contributed by atoms with Gasteiger partial charge in [-0.05, 0) is 20.1 Å². The molecule has 0 radical (unpaired) electrons. The topological polar surface area (TPSA) is 15.7 Å². The van der Waals surface area contributed by atoms with Gasteiger partial charge < -0.3 is 16.6 Å². The molecule has 2 saturated heterocycles. The predicted octanol–water partition coefficient (Wildman–Crippen LogP) is 0.631. The summed E-state index contributed by atoms with van der Waals surface area (Å²) in [7, 11) is 6.09. The Hall–Kier alpha value is 0.568. The van der Waals surface area contributed by atoms with E-state index in [9.17, 15) is 0 Å². The van der Waals surface area contributed by atoms with Crippen molar-refractivity contribution in [3.05, 3.63) is 14.0 Å². The maximum absolute atomic E-state index is 5.62. The van der Waals surface area contributed by atoms with Gasteiger partial charge in [-0.2, -0.15) is 6.92 Å². The molecule has 14 heavy (non-hydrogen) atoms. The zero-order chi connectivity index (χ0) is 9.84. The molecule has 2 heterocycles. The molecule has 0 aromatic carbocycles. The molecule has 0 N–H and O–H groups in total. The molecule has 0 spiro atoms. The molecule has 0 bridgehead atoms. The van der Waals surface area contributed by atoms with Crippen molar-refractivity contribution in [2.24, 2.45) is 0 Å². The second-order valence-corrected chi connectivity index (χ2v) is 3.49. The maximum Gasteiger partial charge on any atom is 2.00 e. The minimum atomic E-state index is 0.